The summed E-state index contributed by atoms with van der Waals surface area (Å²) in [6.45, 7) is 1.22. The molecule has 130 valence electrons. The van der Waals surface area contributed by atoms with Gasteiger partial charge in [0.05, 0.1) is 6.61 Å². The van der Waals surface area contributed by atoms with Gasteiger partial charge in [0.15, 0.2) is 0 Å². The van der Waals surface area contributed by atoms with E-state index in [0.717, 1.165) is 18.2 Å². The van der Waals surface area contributed by atoms with Crippen LogP contribution in [0.3, 0.4) is 0 Å². The number of halogens is 2. The summed E-state index contributed by atoms with van der Waals surface area (Å²) in [7, 11) is 1.46. The third-order valence-corrected chi connectivity index (χ3v) is 3.67. The minimum atomic E-state index is -1.78. The van der Waals surface area contributed by atoms with Crippen molar-refractivity contribution < 1.29 is 27.9 Å². The maximum atomic E-state index is 14.0. The van der Waals surface area contributed by atoms with E-state index >= 15 is 0 Å². The number of methoxy groups -OCH3 is 1. The van der Waals surface area contributed by atoms with Crippen LogP contribution in [0.1, 0.15) is 12.5 Å². The van der Waals surface area contributed by atoms with E-state index in [2.05, 4.69) is 10.6 Å². The van der Waals surface area contributed by atoms with E-state index in [4.69, 9.17) is 4.74 Å². The minimum absolute atomic E-state index is 0.217. The molecule has 4 amide bonds. The van der Waals surface area contributed by atoms with Gasteiger partial charge in [-0.05, 0) is 25.1 Å². The molecule has 1 aromatic rings. The lowest BCUT2D eigenvalue weighted by atomic mass is 9.91. The molecule has 1 atom stereocenters. The fourth-order valence-electron chi connectivity index (χ4n) is 2.40. The van der Waals surface area contributed by atoms with Crippen LogP contribution < -0.4 is 10.6 Å². The molecule has 0 aromatic heterocycles. The SMILES string of the molecule is COCCNC(=O)CN1C(=O)N[C@@](C)(c2cc(F)ccc2F)C1=O. The monoisotopic (exact) mass is 341 g/mol. The fraction of sp³-hybridized carbons (Fsp3) is 0.400. The Bertz CT molecular complexity index is 683. The second kappa shape index (κ2) is 6.91. The Morgan fingerprint density at radius 1 is 1.38 bits per heavy atom. The zero-order chi connectivity index (χ0) is 17.9. The van der Waals surface area contributed by atoms with Gasteiger partial charge in [-0.3, -0.25) is 14.5 Å². The third-order valence-electron chi connectivity index (χ3n) is 3.67. The molecule has 7 nitrogen and oxygen atoms in total. The maximum absolute atomic E-state index is 14.0. The summed E-state index contributed by atoms with van der Waals surface area (Å²) in [4.78, 5) is 36.9. The van der Waals surface area contributed by atoms with Crippen LogP contribution in [-0.4, -0.2) is 49.6 Å². The molecule has 1 saturated heterocycles. The molecular weight excluding hydrogens is 324 g/mol. The van der Waals surface area contributed by atoms with E-state index in [0.29, 0.717) is 4.90 Å². The topological polar surface area (TPSA) is 87.7 Å². The summed E-state index contributed by atoms with van der Waals surface area (Å²) >= 11 is 0. The van der Waals surface area contributed by atoms with E-state index in [1.54, 1.807) is 0 Å². The number of ether oxygens (including phenoxy) is 1. The quantitative estimate of drug-likeness (QED) is 0.582. The van der Waals surface area contributed by atoms with Crippen LogP contribution in [-0.2, 0) is 19.9 Å². The number of hydrogen-bond donors (Lipinski definition) is 2. The molecule has 9 heteroatoms. The van der Waals surface area contributed by atoms with Gasteiger partial charge >= 0.3 is 6.03 Å². The molecule has 0 bridgehead atoms. The molecule has 0 saturated carbocycles. The summed E-state index contributed by atoms with van der Waals surface area (Å²) < 4.78 is 32.1. The molecule has 1 fully saturated rings. The number of benzene rings is 1. The van der Waals surface area contributed by atoms with Gasteiger partial charge in [0, 0.05) is 19.2 Å². The number of imide groups is 1. The molecular formula is C15H17F2N3O4. The molecule has 0 unspecified atom stereocenters. The zero-order valence-electron chi connectivity index (χ0n) is 13.2. The number of carbonyl (C=O) groups excluding carboxylic acids is 3. The predicted octanol–water partition coefficient (Wildman–Crippen LogP) is 0.494. The number of rotatable bonds is 6. The summed E-state index contributed by atoms with van der Waals surface area (Å²) in [5.41, 5.74) is -2.08. The van der Waals surface area contributed by atoms with Crippen LogP contribution in [0.2, 0.25) is 0 Å². The minimum Gasteiger partial charge on any atom is -0.383 e. The Labute approximate surface area is 136 Å². The van der Waals surface area contributed by atoms with E-state index in [-0.39, 0.29) is 18.7 Å². The van der Waals surface area contributed by atoms with Crippen LogP contribution in [0.25, 0.3) is 0 Å². The summed E-state index contributed by atoms with van der Waals surface area (Å²) in [5.74, 6) is -2.98. The van der Waals surface area contributed by atoms with Gasteiger partial charge in [-0.1, -0.05) is 0 Å². The van der Waals surface area contributed by atoms with Crippen LogP contribution >= 0.6 is 0 Å². The number of hydrogen-bond acceptors (Lipinski definition) is 4. The number of nitrogens with one attached hydrogen (secondary N) is 2. The standard InChI is InChI=1S/C15H17F2N3O4/c1-15(10-7-9(16)3-4-11(10)17)13(22)20(14(23)19-15)8-12(21)18-5-6-24-2/h3-4,7H,5-6,8H2,1-2H3,(H,18,21)(H,19,23)/t15-/m0/s1. The van der Waals surface area contributed by atoms with E-state index in [1.165, 1.54) is 14.0 Å². The molecule has 0 spiro atoms. The van der Waals surface area contributed by atoms with Crippen molar-refractivity contribution in [1.29, 1.82) is 0 Å². The highest BCUT2D eigenvalue weighted by molar-refractivity contribution is 6.09. The van der Waals surface area contributed by atoms with Crippen LogP contribution in [0.15, 0.2) is 18.2 Å². The first-order valence-corrected chi connectivity index (χ1v) is 7.15. The highest BCUT2D eigenvalue weighted by Gasteiger charge is 2.50. The summed E-state index contributed by atoms with van der Waals surface area (Å²) in [5, 5.41) is 4.78. The highest BCUT2D eigenvalue weighted by Crippen LogP contribution is 2.31. The van der Waals surface area contributed by atoms with Crippen molar-refractivity contribution in [2.45, 2.75) is 12.5 Å². The molecule has 0 aliphatic carbocycles. The number of nitrogens with zero attached hydrogens (tertiary/aromatic N) is 1. The largest absolute Gasteiger partial charge is 0.383 e. The van der Waals surface area contributed by atoms with Crippen molar-refractivity contribution in [2.75, 3.05) is 26.8 Å². The molecule has 1 aliphatic rings. The second-order valence-corrected chi connectivity index (χ2v) is 5.41. The lowest BCUT2D eigenvalue weighted by Crippen LogP contribution is -2.44. The first-order valence-electron chi connectivity index (χ1n) is 7.15. The Morgan fingerprint density at radius 3 is 2.75 bits per heavy atom. The Hall–Kier alpha value is -2.55. The van der Waals surface area contributed by atoms with E-state index in [1.807, 2.05) is 0 Å². The first-order chi connectivity index (χ1) is 11.3. The van der Waals surface area contributed by atoms with Crippen LogP contribution in [0.4, 0.5) is 13.6 Å². The van der Waals surface area contributed by atoms with Crippen molar-refractivity contribution in [3.05, 3.63) is 35.4 Å². The van der Waals surface area contributed by atoms with Gasteiger partial charge in [-0.2, -0.15) is 0 Å². The molecule has 24 heavy (non-hydrogen) atoms. The van der Waals surface area contributed by atoms with Gasteiger partial charge in [-0.15, -0.1) is 0 Å². The summed E-state index contributed by atoms with van der Waals surface area (Å²) in [6.07, 6.45) is 0. The third kappa shape index (κ3) is 3.35. The van der Waals surface area contributed by atoms with Crippen molar-refractivity contribution in [3.8, 4) is 0 Å². The Morgan fingerprint density at radius 2 is 2.08 bits per heavy atom. The molecule has 1 aromatic carbocycles. The molecule has 2 rings (SSSR count). The Balaban J connectivity index is 2.18. The van der Waals surface area contributed by atoms with Gasteiger partial charge in [0.25, 0.3) is 5.91 Å². The van der Waals surface area contributed by atoms with E-state index in [9.17, 15) is 23.2 Å². The van der Waals surface area contributed by atoms with Crippen LogP contribution in [0, 0.1) is 11.6 Å². The summed E-state index contributed by atoms with van der Waals surface area (Å²) in [6, 6.07) is 1.77. The normalized spacial score (nSPS) is 20.2. The molecule has 2 N–H and O–H groups in total. The fourth-order valence-corrected chi connectivity index (χ4v) is 2.40. The predicted molar refractivity (Wildman–Crippen MR) is 78.8 cm³/mol. The van der Waals surface area contributed by atoms with Gasteiger partial charge in [0.1, 0.15) is 23.7 Å². The van der Waals surface area contributed by atoms with Crippen molar-refractivity contribution in [3.63, 3.8) is 0 Å². The average Bonchev–Trinajstić information content (AvgIpc) is 2.74. The highest BCUT2D eigenvalue weighted by atomic mass is 19.1. The average molecular weight is 341 g/mol. The lowest BCUT2D eigenvalue weighted by molar-refractivity contribution is -0.134. The molecule has 1 heterocycles. The first kappa shape index (κ1) is 17.8. The van der Waals surface area contributed by atoms with E-state index < -0.39 is 41.6 Å². The van der Waals surface area contributed by atoms with Gasteiger partial charge < -0.3 is 15.4 Å². The molecule has 0 radical (unpaired) electrons. The molecule has 1 aliphatic heterocycles. The lowest BCUT2D eigenvalue weighted by Gasteiger charge is -2.22. The van der Waals surface area contributed by atoms with Gasteiger partial charge in [-0.25, -0.2) is 13.6 Å². The zero-order valence-corrected chi connectivity index (χ0v) is 13.2. The van der Waals surface area contributed by atoms with Crippen molar-refractivity contribution in [1.82, 2.24) is 15.5 Å². The Kier molecular flexibility index (Phi) is 5.13. The number of carbonyl (C=O) groups is 3. The number of urea groups is 1. The van der Waals surface area contributed by atoms with Crippen molar-refractivity contribution in [2.24, 2.45) is 0 Å². The van der Waals surface area contributed by atoms with Crippen LogP contribution in [0.5, 0.6) is 0 Å². The number of amides is 4. The van der Waals surface area contributed by atoms with Crippen molar-refractivity contribution >= 4 is 17.8 Å². The van der Waals surface area contributed by atoms with Gasteiger partial charge in [0.2, 0.25) is 5.91 Å². The smallest absolute Gasteiger partial charge is 0.325 e. The second-order valence-electron chi connectivity index (χ2n) is 5.41. The maximum Gasteiger partial charge on any atom is 0.325 e.